The van der Waals surface area contributed by atoms with Gasteiger partial charge in [-0.3, -0.25) is 0 Å². The van der Waals surface area contributed by atoms with Gasteiger partial charge in [-0.05, 0) is 24.1 Å². The minimum atomic E-state index is -3.46. The summed E-state index contributed by atoms with van der Waals surface area (Å²) in [7, 11) is -3.46. The first kappa shape index (κ1) is 13.8. The fourth-order valence-electron chi connectivity index (χ4n) is 1.89. The third kappa shape index (κ3) is 3.03. The molecule has 2 aromatic rings. The van der Waals surface area contributed by atoms with E-state index in [0.29, 0.717) is 17.0 Å². The Labute approximate surface area is 114 Å². The van der Waals surface area contributed by atoms with Crippen LogP contribution in [0.5, 0.6) is 0 Å². The van der Waals surface area contributed by atoms with E-state index in [1.54, 1.807) is 19.1 Å². The van der Waals surface area contributed by atoms with Gasteiger partial charge >= 0.3 is 0 Å². The van der Waals surface area contributed by atoms with Crippen molar-refractivity contribution in [3.05, 3.63) is 61.0 Å². The number of nitrogens with one attached hydrogen (secondary N) is 1. The molecule has 0 aliphatic heterocycles. The topological polar surface area (TPSA) is 46.2 Å². The second-order valence-corrected chi connectivity index (χ2v) is 5.93. The van der Waals surface area contributed by atoms with Crippen molar-refractivity contribution in [2.75, 3.05) is 6.54 Å². The maximum absolute atomic E-state index is 12.2. The van der Waals surface area contributed by atoms with Gasteiger partial charge in [0.05, 0.1) is 4.90 Å². The number of benzene rings is 2. The fraction of sp³-hybridized carbons (Fsp3) is 0.133. The van der Waals surface area contributed by atoms with Crippen molar-refractivity contribution >= 4 is 10.0 Å². The molecule has 2 rings (SSSR count). The smallest absolute Gasteiger partial charge is 0.211 e. The summed E-state index contributed by atoms with van der Waals surface area (Å²) in [5.41, 5.74) is 2.46. The van der Waals surface area contributed by atoms with E-state index in [9.17, 15) is 8.42 Å². The van der Waals surface area contributed by atoms with Gasteiger partial charge in [0, 0.05) is 12.1 Å². The first-order valence-corrected chi connectivity index (χ1v) is 7.54. The molecule has 0 saturated heterocycles. The summed E-state index contributed by atoms with van der Waals surface area (Å²) in [5.74, 6) is 0. The predicted molar refractivity (Wildman–Crippen MR) is 77.2 cm³/mol. The second-order valence-electron chi connectivity index (χ2n) is 4.19. The summed E-state index contributed by atoms with van der Waals surface area (Å²) in [5, 5.41) is 0. The Bertz CT molecular complexity index is 661. The van der Waals surface area contributed by atoms with Crippen molar-refractivity contribution < 1.29 is 8.42 Å². The molecule has 0 bridgehead atoms. The second kappa shape index (κ2) is 5.55. The van der Waals surface area contributed by atoms with E-state index < -0.39 is 10.0 Å². The van der Waals surface area contributed by atoms with Crippen molar-refractivity contribution in [1.82, 2.24) is 4.72 Å². The van der Waals surface area contributed by atoms with Crippen molar-refractivity contribution in [3.63, 3.8) is 0 Å². The molecule has 0 aliphatic carbocycles. The van der Waals surface area contributed by atoms with Gasteiger partial charge in [0.1, 0.15) is 0 Å². The van der Waals surface area contributed by atoms with Crippen LogP contribution < -0.4 is 4.72 Å². The fourth-order valence-corrected chi connectivity index (χ4v) is 3.16. The highest BCUT2D eigenvalue weighted by Gasteiger charge is 2.17. The van der Waals surface area contributed by atoms with Crippen LogP contribution in [0.25, 0.3) is 11.1 Å². The van der Waals surface area contributed by atoms with Crippen molar-refractivity contribution in [2.45, 2.75) is 11.8 Å². The van der Waals surface area contributed by atoms with Gasteiger partial charge in [-0.15, -0.1) is 0 Å². The molecule has 1 radical (unpaired) electrons. The molecule has 0 spiro atoms. The summed E-state index contributed by atoms with van der Waals surface area (Å²) in [6, 6.07) is 14.5. The highest BCUT2D eigenvalue weighted by molar-refractivity contribution is 7.89. The van der Waals surface area contributed by atoms with Crippen LogP contribution in [0, 0.1) is 6.92 Å². The van der Waals surface area contributed by atoms with Crippen LogP contribution in [0.1, 0.15) is 12.5 Å². The van der Waals surface area contributed by atoms with Crippen LogP contribution in [0.15, 0.2) is 53.4 Å². The van der Waals surface area contributed by atoms with Crippen LogP contribution in [-0.4, -0.2) is 15.0 Å². The lowest BCUT2D eigenvalue weighted by molar-refractivity contribution is 0.584. The van der Waals surface area contributed by atoms with E-state index in [2.05, 4.69) is 11.6 Å². The lowest BCUT2D eigenvalue weighted by atomic mass is 10.0. The molecule has 4 heteroatoms. The van der Waals surface area contributed by atoms with E-state index in [4.69, 9.17) is 0 Å². The monoisotopic (exact) mass is 274 g/mol. The quantitative estimate of drug-likeness (QED) is 0.932. The largest absolute Gasteiger partial charge is 0.241 e. The molecule has 0 aliphatic rings. The van der Waals surface area contributed by atoms with Crippen molar-refractivity contribution in [2.24, 2.45) is 0 Å². The third-order valence-corrected chi connectivity index (χ3v) is 4.38. The molecule has 0 saturated carbocycles. The van der Waals surface area contributed by atoms with E-state index >= 15 is 0 Å². The Morgan fingerprint density at radius 2 is 1.68 bits per heavy atom. The highest BCUT2D eigenvalue weighted by atomic mass is 32.2. The first-order valence-electron chi connectivity index (χ1n) is 6.05. The van der Waals surface area contributed by atoms with Gasteiger partial charge in [-0.2, -0.15) is 0 Å². The van der Waals surface area contributed by atoms with Crippen LogP contribution >= 0.6 is 0 Å². The molecule has 19 heavy (non-hydrogen) atoms. The molecule has 99 valence electrons. The Kier molecular flexibility index (Phi) is 4.02. The molecule has 0 amide bonds. The van der Waals surface area contributed by atoms with E-state index in [0.717, 1.165) is 11.1 Å². The first-order chi connectivity index (χ1) is 9.04. The van der Waals surface area contributed by atoms with E-state index in [-0.39, 0.29) is 0 Å². The van der Waals surface area contributed by atoms with Gasteiger partial charge < -0.3 is 0 Å². The average molecular weight is 274 g/mol. The molecule has 2 aromatic carbocycles. The van der Waals surface area contributed by atoms with Gasteiger partial charge in [0.25, 0.3) is 0 Å². The van der Waals surface area contributed by atoms with Crippen LogP contribution in [-0.2, 0) is 10.0 Å². The van der Waals surface area contributed by atoms with Crippen molar-refractivity contribution in [3.8, 4) is 11.1 Å². The summed E-state index contributed by atoms with van der Waals surface area (Å²) < 4.78 is 26.9. The maximum Gasteiger partial charge on any atom is 0.241 e. The molecule has 1 N–H and O–H groups in total. The number of hydrogen-bond donors (Lipinski definition) is 1. The zero-order valence-corrected chi connectivity index (χ0v) is 11.6. The zero-order chi connectivity index (χ0) is 13.9. The molecule has 0 atom stereocenters. The third-order valence-electron chi connectivity index (χ3n) is 2.78. The van der Waals surface area contributed by atoms with E-state index in [1.165, 1.54) is 0 Å². The van der Waals surface area contributed by atoms with Gasteiger partial charge in [-0.1, -0.05) is 49.4 Å². The molecular formula is C15H16NO2S. The number of rotatable bonds is 4. The number of hydrogen-bond acceptors (Lipinski definition) is 2. The SMILES string of the molecule is [CH2]c1ccc(-c2ccccc2S(=O)(=O)NCC)cc1. The summed E-state index contributed by atoms with van der Waals surface area (Å²) in [6.07, 6.45) is 0. The Balaban J connectivity index is 2.56. The Morgan fingerprint density at radius 3 is 2.32 bits per heavy atom. The van der Waals surface area contributed by atoms with Gasteiger partial charge in [0.15, 0.2) is 0 Å². The standard InChI is InChI=1S/C15H16NO2S/c1-3-16-19(17,18)15-7-5-4-6-14(15)13-10-8-12(2)9-11-13/h4-11,16H,2-3H2,1H3. The van der Waals surface area contributed by atoms with Crippen LogP contribution in [0.3, 0.4) is 0 Å². The molecule has 0 unspecified atom stereocenters. The lowest BCUT2D eigenvalue weighted by Crippen LogP contribution is -2.23. The molecular weight excluding hydrogens is 258 g/mol. The predicted octanol–water partition coefficient (Wildman–Crippen LogP) is 2.83. The Morgan fingerprint density at radius 1 is 1.05 bits per heavy atom. The normalized spacial score (nSPS) is 11.5. The lowest BCUT2D eigenvalue weighted by Gasteiger charge is -2.11. The highest BCUT2D eigenvalue weighted by Crippen LogP contribution is 2.27. The summed E-state index contributed by atoms with van der Waals surface area (Å²) in [4.78, 5) is 0.300. The van der Waals surface area contributed by atoms with Crippen LogP contribution in [0.2, 0.25) is 0 Å². The zero-order valence-electron chi connectivity index (χ0n) is 10.8. The molecule has 0 fully saturated rings. The van der Waals surface area contributed by atoms with Crippen LogP contribution in [0.4, 0.5) is 0 Å². The maximum atomic E-state index is 12.2. The summed E-state index contributed by atoms with van der Waals surface area (Å²) >= 11 is 0. The van der Waals surface area contributed by atoms with Gasteiger partial charge in [0.2, 0.25) is 10.0 Å². The minimum Gasteiger partial charge on any atom is -0.211 e. The summed E-state index contributed by atoms with van der Waals surface area (Å²) in [6.45, 7) is 5.96. The minimum absolute atomic E-state index is 0.300. The molecule has 0 heterocycles. The van der Waals surface area contributed by atoms with Gasteiger partial charge in [-0.25, -0.2) is 13.1 Å². The average Bonchev–Trinajstić information content (AvgIpc) is 2.39. The molecule has 0 aromatic heterocycles. The van der Waals surface area contributed by atoms with Crippen molar-refractivity contribution in [1.29, 1.82) is 0 Å². The Hall–Kier alpha value is -1.65. The number of sulfonamides is 1. The molecule has 3 nitrogen and oxygen atoms in total. The van der Waals surface area contributed by atoms with E-state index in [1.807, 2.05) is 36.4 Å².